The molecule has 0 N–H and O–H groups in total. The van der Waals surface area contributed by atoms with Crippen molar-refractivity contribution >= 4 is 0 Å². The second kappa shape index (κ2) is 4.08. The first-order valence-corrected chi connectivity index (χ1v) is 4.47. The quantitative estimate of drug-likeness (QED) is 0.761. The molecule has 0 aliphatic heterocycles. The molecule has 84 valence electrons. The Morgan fingerprint density at radius 3 is 2.33 bits per heavy atom. The smallest absolute Gasteiger partial charge is 0.417 e. The molecular formula is C10H12F3NO. The van der Waals surface area contributed by atoms with Crippen LogP contribution < -0.4 is 4.74 Å². The lowest BCUT2D eigenvalue weighted by atomic mass is 10.0. The number of rotatable bonds is 2. The molecule has 0 atom stereocenters. The standard InChI is InChI=1S/C10H12F3NO/c1-6(2)8-4-7(10(11,12)13)5-14-9(8)15-3/h4-6H,1-3H3. The normalized spacial score (nSPS) is 11.9. The molecule has 5 heteroatoms. The van der Waals surface area contributed by atoms with Crippen molar-refractivity contribution in [3.63, 3.8) is 0 Å². The van der Waals surface area contributed by atoms with Gasteiger partial charge in [0.25, 0.3) is 0 Å². The Kier molecular flexibility index (Phi) is 3.21. The van der Waals surface area contributed by atoms with Gasteiger partial charge < -0.3 is 4.74 Å². The van der Waals surface area contributed by atoms with E-state index < -0.39 is 11.7 Å². The summed E-state index contributed by atoms with van der Waals surface area (Å²) in [6.45, 7) is 3.58. The van der Waals surface area contributed by atoms with Gasteiger partial charge in [0.15, 0.2) is 0 Å². The fraction of sp³-hybridized carbons (Fsp3) is 0.500. The first-order chi connectivity index (χ1) is 6.86. The highest BCUT2D eigenvalue weighted by molar-refractivity contribution is 5.33. The molecule has 0 bridgehead atoms. The summed E-state index contributed by atoms with van der Waals surface area (Å²) < 4.78 is 42.1. The van der Waals surface area contributed by atoms with Crippen LogP contribution in [0.15, 0.2) is 12.3 Å². The molecule has 0 aliphatic rings. The van der Waals surface area contributed by atoms with Gasteiger partial charge in [-0.25, -0.2) is 4.98 Å². The van der Waals surface area contributed by atoms with Crippen molar-refractivity contribution in [2.24, 2.45) is 0 Å². The highest BCUT2D eigenvalue weighted by atomic mass is 19.4. The molecule has 0 aliphatic carbocycles. The van der Waals surface area contributed by atoms with Gasteiger partial charge in [0, 0.05) is 11.8 Å². The van der Waals surface area contributed by atoms with Gasteiger partial charge in [0.05, 0.1) is 12.7 Å². The third-order valence-corrected chi connectivity index (χ3v) is 2.02. The number of hydrogen-bond acceptors (Lipinski definition) is 2. The Morgan fingerprint density at radius 1 is 1.33 bits per heavy atom. The Hall–Kier alpha value is -1.26. The summed E-state index contributed by atoms with van der Waals surface area (Å²) in [7, 11) is 1.39. The van der Waals surface area contributed by atoms with Gasteiger partial charge in [-0.2, -0.15) is 13.2 Å². The maximum Gasteiger partial charge on any atom is 0.417 e. The van der Waals surface area contributed by atoms with E-state index in [-0.39, 0.29) is 11.8 Å². The molecule has 0 aromatic carbocycles. The highest BCUT2D eigenvalue weighted by Crippen LogP contribution is 2.33. The van der Waals surface area contributed by atoms with Crippen LogP contribution in [0.25, 0.3) is 0 Å². The first kappa shape index (κ1) is 11.8. The highest BCUT2D eigenvalue weighted by Gasteiger charge is 2.32. The number of hydrogen-bond donors (Lipinski definition) is 0. The SMILES string of the molecule is COc1ncc(C(F)(F)F)cc1C(C)C. The number of aromatic nitrogens is 1. The van der Waals surface area contributed by atoms with Crippen LogP contribution in [0, 0.1) is 0 Å². The van der Waals surface area contributed by atoms with Crippen LogP contribution in [0.4, 0.5) is 13.2 Å². The molecule has 1 rings (SSSR count). The number of alkyl halides is 3. The van der Waals surface area contributed by atoms with Crippen LogP contribution >= 0.6 is 0 Å². The van der Waals surface area contributed by atoms with E-state index >= 15 is 0 Å². The molecule has 1 aromatic heterocycles. The maximum absolute atomic E-state index is 12.4. The van der Waals surface area contributed by atoms with E-state index in [9.17, 15) is 13.2 Å². The summed E-state index contributed by atoms with van der Waals surface area (Å²) in [5.41, 5.74) is -0.278. The van der Waals surface area contributed by atoms with E-state index in [4.69, 9.17) is 4.74 Å². The topological polar surface area (TPSA) is 22.1 Å². The molecule has 1 heterocycles. The van der Waals surface area contributed by atoms with Gasteiger partial charge in [-0.3, -0.25) is 0 Å². The van der Waals surface area contributed by atoms with E-state index in [0.29, 0.717) is 5.56 Å². The van der Waals surface area contributed by atoms with E-state index in [2.05, 4.69) is 4.98 Å². The number of ether oxygens (including phenoxy) is 1. The molecule has 0 amide bonds. The van der Waals surface area contributed by atoms with E-state index in [1.54, 1.807) is 13.8 Å². The minimum absolute atomic E-state index is 0.0604. The summed E-state index contributed by atoms with van der Waals surface area (Å²) in [4.78, 5) is 3.64. The van der Waals surface area contributed by atoms with Gasteiger partial charge in [0.1, 0.15) is 0 Å². The lowest BCUT2D eigenvalue weighted by Crippen LogP contribution is -2.08. The summed E-state index contributed by atoms with van der Waals surface area (Å²) in [5.74, 6) is 0.188. The lowest BCUT2D eigenvalue weighted by molar-refractivity contribution is -0.137. The van der Waals surface area contributed by atoms with Crippen LogP contribution in [0.2, 0.25) is 0 Å². The van der Waals surface area contributed by atoms with E-state index in [0.717, 1.165) is 12.3 Å². The second-order valence-electron chi connectivity index (χ2n) is 3.47. The van der Waals surface area contributed by atoms with Gasteiger partial charge in [-0.05, 0) is 12.0 Å². The zero-order valence-corrected chi connectivity index (χ0v) is 8.72. The minimum atomic E-state index is -4.36. The summed E-state index contributed by atoms with van der Waals surface area (Å²) in [6, 6.07) is 1.08. The van der Waals surface area contributed by atoms with Crippen LogP contribution in [0.1, 0.15) is 30.9 Å². The molecule has 0 spiro atoms. The molecule has 2 nitrogen and oxygen atoms in total. The molecule has 1 aromatic rings. The van der Waals surface area contributed by atoms with Crippen LogP contribution in [0.3, 0.4) is 0 Å². The lowest BCUT2D eigenvalue weighted by Gasteiger charge is -2.13. The maximum atomic E-state index is 12.4. The predicted octanol–water partition coefficient (Wildman–Crippen LogP) is 3.23. The summed E-state index contributed by atoms with van der Waals surface area (Å²) in [6.07, 6.45) is -3.58. The van der Waals surface area contributed by atoms with Crippen LogP contribution in [-0.2, 0) is 6.18 Å². The average molecular weight is 219 g/mol. The van der Waals surface area contributed by atoms with Gasteiger partial charge in [-0.15, -0.1) is 0 Å². The monoisotopic (exact) mass is 219 g/mol. The van der Waals surface area contributed by atoms with Gasteiger partial charge >= 0.3 is 6.18 Å². The average Bonchev–Trinajstić information content (AvgIpc) is 2.15. The van der Waals surface area contributed by atoms with Crippen molar-refractivity contribution in [3.8, 4) is 5.88 Å². The van der Waals surface area contributed by atoms with Crippen LogP contribution in [0.5, 0.6) is 5.88 Å². The van der Waals surface area contributed by atoms with Crippen molar-refractivity contribution in [1.29, 1.82) is 0 Å². The Morgan fingerprint density at radius 2 is 1.93 bits per heavy atom. The van der Waals surface area contributed by atoms with Gasteiger partial charge in [0.2, 0.25) is 5.88 Å². The van der Waals surface area contributed by atoms with Crippen LogP contribution in [-0.4, -0.2) is 12.1 Å². The fourth-order valence-corrected chi connectivity index (χ4v) is 1.21. The third kappa shape index (κ3) is 2.61. The molecular weight excluding hydrogens is 207 g/mol. The Labute approximate surface area is 86.1 Å². The predicted molar refractivity (Wildman–Crippen MR) is 49.9 cm³/mol. The molecule has 15 heavy (non-hydrogen) atoms. The second-order valence-corrected chi connectivity index (χ2v) is 3.47. The summed E-state index contributed by atoms with van der Waals surface area (Å²) >= 11 is 0. The number of nitrogens with zero attached hydrogens (tertiary/aromatic N) is 1. The largest absolute Gasteiger partial charge is 0.481 e. The Balaban J connectivity index is 3.22. The van der Waals surface area contributed by atoms with Crippen molar-refractivity contribution < 1.29 is 17.9 Å². The third-order valence-electron chi connectivity index (χ3n) is 2.02. The van der Waals surface area contributed by atoms with Crippen molar-refractivity contribution in [2.75, 3.05) is 7.11 Å². The first-order valence-electron chi connectivity index (χ1n) is 4.47. The molecule has 0 unspecified atom stereocenters. The Bertz CT molecular complexity index is 347. The molecule has 0 saturated carbocycles. The van der Waals surface area contributed by atoms with E-state index in [1.807, 2.05) is 0 Å². The van der Waals surface area contributed by atoms with E-state index in [1.165, 1.54) is 7.11 Å². The van der Waals surface area contributed by atoms with Crippen molar-refractivity contribution in [3.05, 3.63) is 23.4 Å². The zero-order valence-electron chi connectivity index (χ0n) is 8.72. The molecule has 0 radical (unpaired) electrons. The summed E-state index contributed by atoms with van der Waals surface area (Å²) in [5, 5.41) is 0. The number of methoxy groups -OCH3 is 1. The van der Waals surface area contributed by atoms with Crippen molar-refractivity contribution in [1.82, 2.24) is 4.98 Å². The minimum Gasteiger partial charge on any atom is -0.481 e. The fourth-order valence-electron chi connectivity index (χ4n) is 1.21. The number of halogens is 3. The molecule has 0 fully saturated rings. The zero-order chi connectivity index (χ0) is 11.6. The van der Waals surface area contributed by atoms with Gasteiger partial charge in [-0.1, -0.05) is 13.8 Å². The van der Waals surface area contributed by atoms with Crippen molar-refractivity contribution in [2.45, 2.75) is 25.9 Å². The number of pyridine rings is 1. The molecule has 0 saturated heterocycles.